The summed E-state index contributed by atoms with van der Waals surface area (Å²) in [5, 5.41) is 10.6. The van der Waals surface area contributed by atoms with E-state index in [4.69, 9.17) is 37.0 Å². The summed E-state index contributed by atoms with van der Waals surface area (Å²) in [4.78, 5) is 72.9. The van der Waals surface area contributed by atoms with E-state index in [2.05, 4.69) is 88.5 Å². The van der Waals surface area contributed by atoms with E-state index in [9.17, 15) is 43.2 Å². The first-order chi connectivity index (χ1) is 48.7. The maximum Gasteiger partial charge on any atom is 0.472 e. The van der Waals surface area contributed by atoms with Gasteiger partial charge in [-0.3, -0.25) is 37.3 Å². The molecular formula is C81H146O17P2. The molecule has 0 aliphatic rings. The van der Waals surface area contributed by atoms with E-state index < -0.39 is 97.5 Å². The summed E-state index contributed by atoms with van der Waals surface area (Å²) in [6.45, 7) is 4.81. The molecule has 0 radical (unpaired) electrons. The highest BCUT2D eigenvalue weighted by molar-refractivity contribution is 7.47. The molecule has 0 aromatic carbocycles. The monoisotopic (exact) mass is 1450 g/mol. The molecule has 17 nitrogen and oxygen atoms in total. The molecule has 100 heavy (non-hydrogen) atoms. The minimum Gasteiger partial charge on any atom is -0.462 e. The number of carbonyl (C=O) groups is 4. The van der Waals surface area contributed by atoms with Gasteiger partial charge in [-0.05, 0) is 116 Å². The third-order valence-corrected chi connectivity index (χ3v) is 19.0. The van der Waals surface area contributed by atoms with Crippen LogP contribution < -0.4 is 0 Å². The van der Waals surface area contributed by atoms with Crippen molar-refractivity contribution in [2.45, 2.75) is 380 Å². The fourth-order valence-corrected chi connectivity index (χ4v) is 12.5. The fourth-order valence-electron chi connectivity index (χ4n) is 11.0. The van der Waals surface area contributed by atoms with Gasteiger partial charge >= 0.3 is 39.5 Å². The Kier molecular flexibility index (Phi) is 71.2. The third-order valence-electron chi connectivity index (χ3n) is 17.1. The van der Waals surface area contributed by atoms with Gasteiger partial charge in [-0.15, -0.1) is 0 Å². The van der Waals surface area contributed by atoms with Gasteiger partial charge in [0.1, 0.15) is 19.3 Å². The van der Waals surface area contributed by atoms with Crippen LogP contribution in [-0.2, 0) is 65.4 Å². The Morgan fingerprint density at radius 1 is 0.280 bits per heavy atom. The standard InChI is InChI=1S/C81H146O17P2/c1-5-9-13-17-21-25-29-33-36-37-40-43-46-50-54-58-62-66-79(84)92-72-77(98-81(86)68-64-60-56-52-48-44-39-35-31-27-23-19-15-11-7-3)74-96-100(89,90)94-70-75(82)69-93-99(87,88)95-73-76(97-80(85)67-63-59-55-51-47-41-32-28-24-20-16-12-8-4)71-91-78(83)65-61-57-53-49-45-42-38-34-30-26-22-18-14-10-6-2/h21,25-26,30,33,35-36,39-40,43,50,54,75-77,82H,5-20,22-24,27-29,31-32,34,37-38,41-42,44-49,51-53,55-74H2,1-4H3,(H,87,88)(H,89,90)/b25-21-,30-26-,36-33-,39-35-,43-40-,54-50-/t75-,76+,77+/m0/s1. The van der Waals surface area contributed by atoms with Crippen molar-refractivity contribution < 1.29 is 80.2 Å². The number of carbonyl (C=O) groups excluding carboxylic acids is 4. The van der Waals surface area contributed by atoms with Crippen LogP contribution in [0.4, 0.5) is 0 Å². The average molecular weight is 1450 g/mol. The molecule has 0 spiro atoms. The number of unbranched alkanes of at least 4 members (excludes halogenated alkanes) is 38. The molecule has 0 heterocycles. The minimum atomic E-state index is -4.98. The predicted octanol–water partition coefficient (Wildman–Crippen LogP) is 23.2. The molecule has 0 amide bonds. The number of aliphatic hydroxyl groups is 1. The molecule has 2 unspecified atom stereocenters. The number of aliphatic hydroxyl groups excluding tert-OH is 1. The van der Waals surface area contributed by atoms with Crippen LogP contribution in [0.2, 0.25) is 0 Å². The van der Waals surface area contributed by atoms with Gasteiger partial charge in [0, 0.05) is 25.7 Å². The summed E-state index contributed by atoms with van der Waals surface area (Å²) >= 11 is 0. The van der Waals surface area contributed by atoms with E-state index in [0.29, 0.717) is 32.1 Å². The van der Waals surface area contributed by atoms with Gasteiger partial charge in [0.15, 0.2) is 12.2 Å². The summed E-state index contributed by atoms with van der Waals surface area (Å²) in [6, 6.07) is 0. The maximum absolute atomic E-state index is 13.1. The van der Waals surface area contributed by atoms with Crippen LogP contribution in [0, 0.1) is 0 Å². The Hall–Kier alpha value is -3.50. The third kappa shape index (κ3) is 72.8. The molecule has 0 saturated heterocycles. The molecule has 0 bridgehead atoms. The first kappa shape index (κ1) is 96.5. The highest BCUT2D eigenvalue weighted by atomic mass is 31.2. The Labute approximate surface area is 609 Å². The number of phosphoric acid groups is 2. The second kappa shape index (κ2) is 73.8. The first-order valence-electron chi connectivity index (χ1n) is 40.2. The quantitative estimate of drug-likeness (QED) is 0.0169. The molecule has 0 fully saturated rings. The van der Waals surface area contributed by atoms with Crippen molar-refractivity contribution in [2.24, 2.45) is 0 Å². The minimum absolute atomic E-state index is 0.0762. The molecular weight excluding hydrogens is 1310 g/mol. The van der Waals surface area contributed by atoms with E-state index in [1.54, 1.807) is 0 Å². The van der Waals surface area contributed by atoms with Gasteiger partial charge in [0.2, 0.25) is 0 Å². The highest BCUT2D eigenvalue weighted by Crippen LogP contribution is 2.45. The second-order valence-electron chi connectivity index (χ2n) is 27.0. The van der Waals surface area contributed by atoms with Crippen LogP contribution in [0.15, 0.2) is 72.9 Å². The molecule has 0 aliphatic heterocycles. The summed E-state index contributed by atoms with van der Waals surface area (Å²) < 4.78 is 68.5. The van der Waals surface area contributed by atoms with Gasteiger partial charge in [0.25, 0.3) is 0 Å². The molecule has 19 heteroatoms. The van der Waals surface area contributed by atoms with Gasteiger partial charge in [0.05, 0.1) is 26.4 Å². The lowest BCUT2D eigenvalue weighted by Gasteiger charge is -2.21. The number of hydrogen-bond acceptors (Lipinski definition) is 15. The molecule has 0 rings (SSSR count). The molecule has 0 aliphatic carbocycles. The summed E-state index contributed by atoms with van der Waals surface area (Å²) in [5.74, 6) is -2.22. The van der Waals surface area contributed by atoms with Crippen molar-refractivity contribution in [1.82, 2.24) is 0 Å². The van der Waals surface area contributed by atoms with Crippen LogP contribution in [-0.4, -0.2) is 96.7 Å². The zero-order valence-electron chi connectivity index (χ0n) is 63.6. The molecule has 582 valence electrons. The van der Waals surface area contributed by atoms with Crippen LogP contribution in [0.25, 0.3) is 0 Å². The van der Waals surface area contributed by atoms with Crippen LogP contribution in [0.1, 0.15) is 362 Å². The van der Waals surface area contributed by atoms with Crippen molar-refractivity contribution in [2.75, 3.05) is 39.6 Å². The van der Waals surface area contributed by atoms with Crippen molar-refractivity contribution in [3.63, 3.8) is 0 Å². The second-order valence-corrected chi connectivity index (χ2v) is 29.9. The summed E-state index contributed by atoms with van der Waals surface area (Å²) in [5.41, 5.74) is 0. The topological polar surface area (TPSA) is 237 Å². The Bertz CT molecular complexity index is 2180. The van der Waals surface area contributed by atoms with Gasteiger partial charge in [-0.1, -0.05) is 293 Å². The molecule has 0 aromatic rings. The first-order valence-corrected chi connectivity index (χ1v) is 43.2. The molecule has 0 saturated carbocycles. The predicted molar refractivity (Wildman–Crippen MR) is 409 cm³/mol. The lowest BCUT2D eigenvalue weighted by Crippen LogP contribution is -2.30. The zero-order valence-corrected chi connectivity index (χ0v) is 65.4. The average Bonchev–Trinajstić information content (AvgIpc) is 1.06. The van der Waals surface area contributed by atoms with Crippen molar-refractivity contribution in [1.29, 1.82) is 0 Å². The lowest BCUT2D eigenvalue weighted by atomic mass is 10.0. The van der Waals surface area contributed by atoms with E-state index in [1.165, 1.54) is 148 Å². The van der Waals surface area contributed by atoms with E-state index in [0.717, 1.165) is 128 Å². The zero-order chi connectivity index (χ0) is 73.2. The van der Waals surface area contributed by atoms with Gasteiger partial charge in [-0.2, -0.15) is 0 Å². The van der Waals surface area contributed by atoms with E-state index in [-0.39, 0.29) is 25.7 Å². The van der Waals surface area contributed by atoms with Crippen molar-refractivity contribution >= 4 is 39.5 Å². The number of ether oxygens (including phenoxy) is 4. The maximum atomic E-state index is 13.1. The van der Waals surface area contributed by atoms with Crippen molar-refractivity contribution in [3.8, 4) is 0 Å². The number of phosphoric ester groups is 2. The van der Waals surface area contributed by atoms with E-state index in [1.807, 2.05) is 12.2 Å². The smallest absolute Gasteiger partial charge is 0.462 e. The molecule has 5 atom stereocenters. The van der Waals surface area contributed by atoms with Crippen molar-refractivity contribution in [3.05, 3.63) is 72.9 Å². The number of allylic oxidation sites excluding steroid dienone is 12. The van der Waals surface area contributed by atoms with Crippen LogP contribution >= 0.6 is 15.6 Å². The largest absolute Gasteiger partial charge is 0.472 e. The normalized spacial score (nSPS) is 14.3. The van der Waals surface area contributed by atoms with Crippen LogP contribution in [0.5, 0.6) is 0 Å². The molecule has 0 aromatic heterocycles. The van der Waals surface area contributed by atoms with E-state index >= 15 is 0 Å². The fraction of sp³-hybridized carbons (Fsp3) is 0.802. The van der Waals surface area contributed by atoms with Crippen LogP contribution in [0.3, 0.4) is 0 Å². The summed E-state index contributed by atoms with van der Waals surface area (Å²) in [6.07, 6.45) is 74.5. The highest BCUT2D eigenvalue weighted by Gasteiger charge is 2.30. The Balaban J connectivity index is 5.37. The Morgan fingerprint density at radius 2 is 0.500 bits per heavy atom. The lowest BCUT2D eigenvalue weighted by molar-refractivity contribution is -0.161. The SMILES string of the molecule is CCCCC/C=C\C/C=C\C/C=C\C/C=C\CCCC(=O)OC[C@H](COP(=O)(O)OC[C@@H](O)COP(=O)(O)OC[C@@H](COC(=O)CCCCCCCCC/C=C\CCCCCC)OC(=O)CCCCCCCCCCCCCCC)OC(=O)CCCCCCC/C=C\CCCCCCCC. The number of hydrogen-bond donors (Lipinski definition) is 3. The molecule has 3 N–H and O–H groups in total. The number of esters is 4. The summed E-state index contributed by atoms with van der Waals surface area (Å²) in [7, 11) is -9.96. The Morgan fingerprint density at radius 3 is 0.830 bits per heavy atom. The van der Waals surface area contributed by atoms with Gasteiger partial charge < -0.3 is 33.8 Å². The van der Waals surface area contributed by atoms with Gasteiger partial charge in [-0.25, -0.2) is 9.13 Å². The number of rotatable bonds is 76.